The van der Waals surface area contributed by atoms with Gasteiger partial charge in [-0.3, -0.25) is 14.4 Å². The molecule has 0 unspecified atom stereocenters. The van der Waals surface area contributed by atoms with Crippen molar-refractivity contribution in [1.82, 2.24) is 14.8 Å². The highest BCUT2D eigenvalue weighted by Crippen LogP contribution is 2.46. The quantitative estimate of drug-likeness (QED) is 0.735. The number of hydrogen-bond donors (Lipinski definition) is 2. The molecule has 1 spiro atoms. The molecular weight excluding hydrogens is 439 g/mol. The molecule has 3 aliphatic rings. The number of benzene rings is 1. The molecule has 2 aromatic rings. The van der Waals surface area contributed by atoms with Crippen LogP contribution in [0.4, 0.5) is 13.2 Å². The molecule has 10 heteroatoms. The van der Waals surface area contributed by atoms with Gasteiger partial charge >= 0.3 is 0 Å². The van der Waals surface area contributed by atoms with Gasteiger partial charge in [-0.25, -0.2) is 13.2 Å². The van der Waals surface area contributed by atoms with E-state index in [9.17, 15) is 32.7 Å². The second kappa shape index (κ2) is 7.36. The van der Waals surface area contributed by atoms with Gasteiger partial charge in [-0.15, -0.1) is 0 Å². The van der Waals surface area contributed by atoms with Crippen LogP contribution in [0, 0.1) is 17.5 Å². The monoisotopic (exact) mass is 461 g/mol. The van der Waals surface area contributed by atoms with Crippen molar-refractivity contribution in [2.45, 2.75) is 57.2 Å². The Labute approximate surface area is 186 Å². The van der Waals surface area contributed by atoms with Gasteiger partial charge in [0.05, 0.1) is 5.54 Å². The molecule has 1 aromatic carbocycles. The van der Waals surface area contributed by atoms with Crippen LogP contribution < -0.4 is 10.7 Å². The summed E-state index contributed by atoms with van der Waals surface area (Å²) in [6, 6.07) is 0.961. The van der Waals surface area contributed by atoms with Crippen molar-refractivity contribution in [3.63, 3.8) is 0 Å². The lowest BCUT2D eigenvalue weighted by atomic mass is 9.89. The van der Waals surface area contributed by atoms with Crippen molar-refractivity contribution in [1.29, 1.82) is 0 Å². The van der Waals surface area contributed by atoms with Gasteiger partial charge in [0, 0.05) is 42.5 Å². The average Bonchev–Trinajstić information content (AvgIpc) is 3.02. The second-order valence-corrected chi connectivity index (χ2v) is 9.11. The van der Waals surface area contributed by atoms with E-state index in [1.807, 2.05) is 6.92 Å². The maximum atomic E-state index is 14.0. The minimum absolute atomic E-state index is 0.0346. The fourth-order valence-corrected chi connectivity index (χ4v) is 5.59. The zero-order valence-electron chi connectivity index (χ0n) is 17.9. The first-order chi connectivity index (χ1) is 15.6. The van der Waals surface area contributed by atoms with E-state index in [1.165, 1.54) is 0 Å². The molecule has 2 atom stereocenters. The first-order valence-corrected chi connectivity index (χ1v) is 10.9. The van der Waals surface area contributed by atoms with Crippen LogP contribution in [-0.2, 0) is 18.5 Å². The Hall–Kier alpha value is -3.30. The van der Waals surface area contributed by atoms with Gasteiger partial charge in [-0.1, -0.05) is 0 Å². The maximum Gasteiger partial charge on any atom is 0.274 e. The van der Waals surface area contributed by atoms with E-state index in [0.29, 0.717) is 37.2 Å². The van der Waals surface area contributed by atoms with Crippen molar-refractivity contribution in [3.8, 4) is 5.75 Å². The summed E-state index contributed by atoms with van der Waals surface area (Å²) in [6.07, 6.45) is 3.32. The molecule has 2 amide bonds. The Morgan fingerprint density at radius 2 is 1.91 bits per heavy atom. The molecule has 1 fully saturated rings. The van der Waals surface area contributed by atoms with Crippen LogP contribution in [-0.4, -0.2) is 39.0 Å². The van der Waals surface area contributed by atoms with Gasteiger partial charge in [0.1, 0.15) is 23.0 Å². The standard InChI is InChI=1S/C23H22F3N3O4/c1-11-3-2-5-23-6-4-16-17(19(30)20(31)18(29(16)23)22(33)28(11)10-23)21(32)27-9-13-14(25)7-12(24)8-15(13)26/h7-8,11,31H,2-6,9-10H2,1H3,(H,27,32)/t11-,23+/m0/s1. The zero-order chi connectivity index (χ0) is 23.7. The van der Waals surface area contributed by atoms with Crippen molar-refractivity contribution in [2.75, 3.05) is 6.54 Å². The van der Waals surface area contributed by atoms with E-state index in [-0.39, 0.29) is 17.3 Å². The van der Waals surface area contributed by atoms with Crippen molar-refractivity contribution in [2.24, 2.45) is 0 Å². The largest absolute Gasteiger partial charge is 0.503 e. The van der Waals surface area contributed by atoms with Gasteiger partial charge in [-0.2, -0.15) is 0 Å². The van der Waals surface area contributed by atoms with E-state index in [0.717, 1.165) is 19.3 Å². The molecule has 2 N–H and O–H groups in total. The molecule has 0 aliphatic carbocycles. The smallest absolute Gasteiger partial charge is 0.274 e. The fraction of sp³-hybridized carbons (Fsp3) is 0.435. The maximum absolute atomic E-state index is 14.0. The summed E-state index contributed by atoms with van der Waals surface area (Å²) in [7, 11) is 0. The summed E-state index contributed by atoms with van der Waals surface area (Å²) in [6.45, 7) is 1.75. The van der Waals surface area contributed by atoms with Gasteiger partial charge in [-0.05, 0) is 39.0 Å². The summed E-state index contributed by atoms with van der Waals surface area (Å²) >= 11 is 0. The van der Waals surface area contributed by atoms with Crippen LogP contribution in [0.15, 0.2) is 16.9 Å². The first kappa shape index (κ1) is 21.5. The third-order valence-corrected chi connectivity index (χ3v) is 7.23. The lowest BCUT2D eigenvalue weighted by Gasteiger charge is -2.43. The Bertz CT molecular complexity index is 1250. The third-order valence-electron chi connectivity index (χ3n) is 7.23. The summed E-state index contributed by atoms with van der Waals surface area (Å²) < 4.78 is 42.7. The molecule has 33 heavy (non-hydrogen) atoms. The Balaban J connectivity index is 1.58. The topological polar surface area (TPSA) is 91.6 Å². The SMILES string of the molecule is C[C@H]1CCC[C@]23CCc4c(C(=O)NCc5c(F)cc(F)cc5F)c(=O)c(O)c(n42)C(=O)N1C3. The molecule has 0 radical (unpaired) electrons. The number of hydrogen-bond acceptors (Lipinski definition) is 4. The van der Waals surface area contributed by atoms with Crippen LogP contribution in [0.2, 0.25) is 0 Å². The van der Waals surface area contributed by atoms with E-state index in [4.69, 9.17) is 0 Å². The minimum Gasteiger partial charge on any atom is -0.503 e. The second-order valence-electron chi connectivity index (χ2n) is 9.11. The Morgan fingerprint density at radius 1 is 1.21 bits per heavy atom. The molecule has 1 saturated heterocycles. The molecule has 1 aromatic heterocycles. The number of rotatable bonds is 3. The molecular formula is C23H22F3N3O4. The van der Waals surface area contributed by atoms with Gasteiger partial charge in [0.15, 0.2) is 11.4 Å². The van der Waals surface area contributed by atoms with E-state index < -0.39 is 58.1 Å². The predicted molar refractivity (Wildman–Crippen MR) is 110 cm³/mol. The van der Waals surface area contributed by atoms with Crippen LogP contribution in [0.1, 0.15) is 64.7 Å². The molecule has 0 saturated carbocycles. The van der Waals surface area contributed by atoms with Gasteiger partial charge < -0.3 is 19.9 Å². The van der Waals surface area contributed by atoms with Crippen LogP contribution in [0.25, 0.3) is 0 Å². The predicted octanol–water partition coefficient (Wildman–Crippen LogP) is 2.57. The highest BCUT2D eigenvalue weighted by molar-refractivity contribution is 6.00. The molecule has 5 rings (SSSR count). The fourth-order valence-electron chi connectivity index (χ4n) is 5.59. The number of halogens is 3. The van der Waals surface area contributed by atoms with E-state index >= 15 is 0 Å². The molecule has 2 bridgehead atoms. The number of amides is 2. The zero-order valence-corrected chi connectivity index (χ0v) is 17.9. The molecule has 7 nitrogen and oxygen atoms in total. The lowest BCUT2D eigenvalue weighted by Crippen LogP contribution is -2.54. The number of aromatic hydroxyl groups is 1. The van der Waals surface area contributed by atoms with Crippen LogP contribution in [0.5, 0.6) is 5.75 Å². The number of nitrogens with one attached hydrogen (secondary N) is 1. The number of aromatic nitrogens is 1. The van der Waals surface area contributed by atoms with E-state index in [1.54, 1.807) is 9.47 Å². The summed E-state index contributed by atoms with van der Waals surface area (Å²) in [4.78, 5) is 40.9. The minimum atomic E-state index is -1.17. The van der Waals surface area contributed by atoms with Gasteiger partial charge in [0.25, 0.3) is 11.8 Å². The van der Waals surface area contributed by atoms with Gasteiger partial charge in [0.2, 0.25) is 5.43 Å². The molecule has 3 aliphatic heterocycles. The highest BCUT2D eigenvalue weighted by atomic mass is 19.1. The van der Waals surface area contributed by atoms with E-state index in [2.05, 4.69) is 5.32 Å². The number of carbonyl (C=O) groups is 2. The van der Waals surface area contributed by atoms with Crippen molar-refractivity contribution in [3.05, 3.63) is 62.3 Å². The summed E-state index contributed by atoms with van der Waals surface area (Å²) in [5.74, 6) is -5.58. The Kier molecular flexibility index (Phi) is 4.80. The molecule has 174 valence electrons. The average molecular weight is 461 g/mol. The number of fused-ring (bicyclic) bond motifs is 1. The van der Waals surface area contributed by atoms with Crippen molar-refractivity contribution >= 4 is 11.8 Å². The number of nitrogens with zero attached hydrogens (tertiary/aromatic N) is 2. The highest BCUT2D eigenvalue weighted by Gasteiger charge is 2.51. The summed E-state index contributed by atoms with van der Waals surface area (Å²) in [5.41, 5.74) is -2.16. The number of pyridine rings is 1. The molecule has 4 heterocycles. The number of carbonyl (C=O) groups excluding carboxylic acids is 2. The normalized spacial score (nSPS) is 23.3. The first-order valence-electron chi connectivity index (χ1n) is 10.9. The summed E-state index contributed by atoms with van der Waals surface area (Å²) in [5, 5.41) is 13.0. The third kappa shape index (κ3) is 3.07. The van der Waals surface area contributed by atoms with Crippen molar-refractivity contribution < 1.29 is 27.9 Å². The lowest BCUT2D eigenvalue weighted by molar-refractivity contribution is 0.0502. The Morgan fingerprint density at radius 3 is 2.61 bits per heavy atom. The van der Waals surface area contributed by atoms with Crippen LogP contribution in [0.3, 0.4) is 0 Å². The van der Waals surface area contributed by atoms with Crippen LogP contribution >= 0.6 is 0 Å².